The van der Waals surface area contributed by atoms with Gasteiger partial charge < -0.3 is 14.6 Å². The Bertz CT molecular complexity index is 1350. The average molecular weight is 459 g/mol. The van der Waals surface area contributed by atoms with Gasteiger partial charge in [0.15, 0.2) is 23.1 Å². The number of aromatic nitrogens is 1. The van der Waals surface area contributed by atoms with Gasteiger partial charge in [-0.15, -0.1) is 0 Å². The van der Waals surface area contributed by atoms with Crippen molar-refractivity contribution in [3.05, 3.63) is 89.9 Å². The highest BCUT2D eigenvalue weighted by Gasteiger charge is 2.15. The molecule has 6 nitrogen and oxygen atoms in total. The summed E-state index contributed by atoms with van der Waals surface area (Å²) in [6.45, 7) is 0. The van der Waals surface area contributed by atoms with Crippen LogP contribution in [0.4, 0.5) is 4.39 Å². The Kier molecular flexibility index (Phi) is 6.82. The number of benzene rings is 3. The Balaban J connectivity index is 1.44. The number of hydrogen-bond acceptors (Lipinski definition) is 6. The van der Waals surface area contributed by atoms with Crippen molar-refractivity contribution >= 4 is 22.5 Å². The third-order valence-electron chi connectivity index (χ3n) is 5.26. The minimum Gasteiger partial charge on any atom is -0.504 e. The lowest BCUT2D eigenvalue weighted by Gasteiger charge is -2.12. The third-order valence-corrected chi connectivity index (χ3v) is 5.26. The summed E-state index contributed by atoms with van der Waals surface area (Å²) < 4.78 is 25.7. The second kappa shape index (κ2) is 10.1. The maximum atomic E-state index is 14.8. The maximum absolute atomic E-state index is 14.8. The lowest BCUT2D eigenvalue weighted by molar-refractivity contribution is -0.126. The summed E-state index contributed by atoms with van der Waals surface area (Å²) in [5.41, 5.74) is 1.76. The number of fused-ring (bicyclic) bond motifs is 1. The van der Waals surface area contributed by atoms with Crippen LogP contribution in [0, 0.1) is 5.82 Å². The summed E-state index contributed by atoms with van der Waals surface area (Å²) >= 11 is 0. The summed E-state index contributed by atoms with van der Waals surface area (Å²) in [6.07, 6.45) is 1.43. The lowest BCUT2D eigenvalue weighted by Crippen LogP contribution is -2.12. The smallest absolute Gasteiger partial charge is 0.166 e. The van der Waals surface area contributed by atoms with Crippen molar-refractivity contribution in [2.24, 2.45) is 0 Å². The summed E-state index contributed by atoms with van der Waals surface area (Å²) in [5, 5.41) is 10.5. The van der Waals surface area contributed by atoms with Crippen LogP contribution in [0.15, 0.2) is 72.9 Å². The molecule has 0 unspecified atom stereocenters. The van der Waals surface area contributed by atoms with E-state index in [2.05, 4.69) is 4.98 Å². The first-order valence-corrected chi connectivity index (χ1v) is 10.6. The van der Waals surface area contributed by atoms with Gasteiger partial charge in [-0.1, -0.05) is 36.4 Å². The number of phenols is 1. The first kappa shape index (κ1) is 22.9. The second-order valence-corrected chi connectivity index (χ2v) is 7.81. The molecule has 1 aromatic heterocycles. The monoisotopic (exact) mass is 459 g/mol. The van der Waals surface area contributed by atoms with Gasteiger partial charge in [0.05, 0.1) is 19.0 Å². The normalized spacial score (nSPS) is 10.8. The molecule has 0 aliphatic heterocycles. The van der Waals surface area contributed by atoms with Crippen molar-refractivity contribution < 1.29 is 28.6 Å². The number of methoxy groups -OCH3 is 1. The minimum atomic E-state index is -0.642. The molecule has 0 aliphatic rings. The van der Waals surface area contributed by atoms with E-state index in [0.717, 1.165) is 5.56 Å². The number of carbonyl (C=O) groups excluding carboxylic acids is 2. The van der Waals surface area contributed by atoms with Gasteiger partial charge in [0.1, 0.15) is 17.3 Å². The highest BCUT2D eigenvalue weighted by atomic mass is 19.1. The van der Waals surface area contributed by atoms with E-state index in [1.54, 1.807) is 18.2 Å². The first-order valence-electron chi connectivity index (χ1n) is 10.6. The second-order valence-electron chi connectivity index (χ2n) is 7.81. The van der Waals surface area contributed by atoms with Crippen LogP contribution in [0.25, 0.3) is 10.9 Å². The molecule has 0 spiro atoms. The summed E-state index contributed by atoms with van der Waals surface area (Å²) in [6, 6.07) is 18.0. The van der Waals surface area contributed by atoms with Crippen LogP contribution in [-0.4, -0.2) is 28.8 Å². The molecule has 0 radical (unpaired) electrons. The van der Waals surface area contributed by atoms with Gasteiger partial charge in [-0.25, -0.2) is 4.39 Å². The summed E-state index contributed by atoms with van der Waals surface area (Å²) in [7, 11) is 1.42. The van der Waals surface area contributed by atoms with Crippen molar-refractivity contribution in [1.29, 1.82) is 0 Å². The quantitative estimate of drug-likeness (QED) is 0.347. The molecule has 0 saturated heterocycles. The van der Waals surface area contributed by atoms with Crippen LogP contribution in [-0.2, 0) is 22.4 Å². The van der Waals surface area contributed by atoms with E-state index in [4.69, 9.17) is 9.47 Å². The van der Waals surface area contributed by atoms with Gasteiger partial charge in [-0.2, -0.15) is 0 Å². The Morgan fingerprint density at radius 2 is 1.62 bits per heavy atom. The zero-order valence-electron chi connectivity index (χ0n) is 18.5. The van der Waals surface area contributed by atoms with E-state index < -0.39 is 5.82 Å². The van der Waals surface area contributed by atoms with Crippen LogP contribution >= 0.6 is 0 Å². The highest BCUT2D eigenvalue weighted by Crippen LogP contribution is 2.36. The van der Waals surface area contributed by atoms with Crippen molar-refractivity contribution in [2.45, 2.75) is 19.3 Å². The van der Waals surface area contributed by atoms with Crippen LogP contribution < -0.4 is 9.47 Å². The van der Waals surface area contributed by atoms with Gasteiger partial charge in [0.25, 0.3) is 0 Å². The molecule has 0 aliphatic carbocycles. The number of phenolic OH excluding ortho intramolecular Hbond substituents is 1. The van der Waals surface area contributed by atoms with E-state index >= 15 is 0 Å². The number of hydrogen-bond donors (Lipinski definition) is 1. The highest BCUT2D eigenvalue weighted by molar-refractivity contribution is 6.00. The molecule has 172 valence electrons. The molecular formula is C27H22FNO5. The number of aromatic hydroxyl groups is 1. The number of rotatable bonds is 9. The Hall–Kier alpha value is -4.26. The van der Waals surface area contributed by atoms with Crippen molar-refractivity contribution in [3.8, 4) is 23.0 Å². The number of carbonyl (C=O) groups is 2. The number of nitrogens with zero attached hydrogens (tertiary/aromatic N) is 1. The zero-order chi connectivity index (χ0) is 24.1. The molecule has 0 atom stereocenters. The van der Waals surface area contributed by atoms with Gasteiger partial charge in [-0.05, 0) is 35.4 Å². The fourth-order valence-corrected chi connectivity index (χ4v) is 3.64. The number of Topliss-reactive ketones (excluding diaryl/α,β-unsaturated/α-hetero) is 2. The molecule has 3 aromatic carbocycles. The zero-order valence-corrected chi connectivity index (χ0v) is 18.5. The van der Waals surface area contributed by atoms with Crippen LogP contribution in [0.2, 0.25) is 0 Å². The number of halogens is 1. The third kappa shape index (κ3) is 5.38. The molecule has 7 heteroatoms. The molecule has 1 N–H and O–H groups in total. The minimum absolute atomic E-state index is 0.0316. The van der Waals surface area contributed by atoms with E-state index in [1.165, 1.54) is 31.5 Å². The predicted molar refractivity (Wildman–Crippen MR) is 125 cm³/mol. The van der Waals surface area contributed by atoms with Crippen molar-refractivity contribution in [2.75, 3.05) is 7.11 Å². The SMILES string of the molecule is COc1cc2c(Oc3ccc(CC(=O)CC(=O)Cc4ccccc4)cc3F)ccnc2cc1O. The predicted octanol–water partition coefficient (Wildman–Crippen LogP) is 5.19. The molecule has 0 fully saturated rings. The molecule has 4 rings (SSSR count). The number of ketones is 2. The molecule has 4 aromatic rings. The average Bonchev–Trinajstić information content (AvgIpc) is 2.81. The first-order chi connectivity index (χ1) is 16.4. The summed E-state index contributed by atoms with van der Waals surface area (Å²) in [5.74, 6) is -0.627. The Labute approximate surface area is 195 Å². The lowest BCUT2D eigenvalue weighted by atomic mass is 10.0. The molecule has 0 bridgehead atoms. The molecular weight excluding hydrogens is 437 g/mol. The van der Waals surface area contributed by atoms with E-state index in [1.807, 2.05) is 30.3 Å². The van der Waals surface area contributed by atoms with Crippen molar-refractivity contribution in [3.63, 3.8) is 0 Å². The number of ether oxygens (including phenoxy) is 2. The fraction of sp³-hybridized carbons (Fsp3) is 0.148. The van der Waals surface area contributed by atoms with Gasteiger partial charge in [0, 0.05) is 30.5 Å². The van der Waals surface area contributed by atoms with Crippen molar-refractivity contribution in [1.82, 2.24) is 4.98 Å². The maximum Gasteiger partial charge on any atom is 0.166 e. The molecule has 0 amide bonds. The topological polar surface area (TPSA) is 85.7 Å². The van der Waals surface area contributed by atoms with Crippen LogP contribution in [0.3, 0.4) is 0 Å². The fourth-order valence-electron chi connectivity index (χ4n) is 3.64. The van der Waals surface area contributed by atoms with Gasteiger partial charge in [0.2, 0.25) is 0 Å². The van der Waals surface area contributed by atoms with E-state index in [0.29, 0.717) is 22.2 Å². The van der Waals surface area contributed by atoms with Crippen LogP contribution in [0.5, 0.6) is 23.0 Å². The Morgan fingerprint density at radius 3 is 2.32 bits per heavy atom. The van der Waals surface area contributed by atoms with E-state index in [-0.39, 0.29) is 48.1 Å². The van der Waals surface area contributed by atoms with Gasteiger partial charge in [-0.3, -0.25) is 14.6 Å². The Morgan fingerprint density at radius 1 is 0.882 bits per heavy atom. The largest absolute Gasteiger partial charge is 0.504 e. The standard InChI is InChI=1S/C27H22FNO5/c1-33-27-15-21-23(16-24(27)32)29-10-9-25(21)34-26-8-7-18(13-22(26)28)12-20(31)14-19(30)11-17-5-3-2-4-6-17/h2-10,13,15-16,32H,11-12,14H2,1H3. The summed E-state index contributed by atoms with van der Waals surface area (Å²) in [4.78, 5) is 28.7. The molecule has 34 heavy (non-hydrogen) atoms. The van der Waals surface area contributed by atoms with E-state index in [9.17, 15) is 19.1 Å². The van der Waals surface area contributed by atoms with Gasteiger partial charge >= 0.3 is 0 Å². The molecule has 0 saturated carbocycles. The molecule has 1 heterocycles. The van der Waals surface area contributed by atoms with Crippen LogP contribution in [0.1, 0.15) is 17.5 Å². The number of pyridine rings is 1.